The van der Waals surface area contributed by atoms with Gasteiger partial charge in [0.1, 0.15) is 5.82 Å². The highest BCUT2D eigenvalue weighted by molar-refractivity contribution is 5.94. The van der Waals surface area contributed by atoms with E-state index in [9.17, 15) is 28.2 Å². The second-order valence-electron chi connectivity index (χ2n) is 9.50. The zero-order valence-electron chi connectivity index (χ0n) is 19.3. The van der Waals surface area contributed by atoms with Crippen molar-refractivity contribution in [3.63, 3.8) is 0 Å². The van der Waals surface area contributed by atoms with Gasteiger partial charge in [0.25, 0.3) is 5.91 Å². The quantitative estimate of drug-likeness (QED) is 0.396. The van der Waals surface area contributed by atoms with Crippen molar-refractivity contribution in [3.8, 4) is 0 Å². The van der Waals surface area contributed by atoms with Crippen molar-refractivity contribution in [1.29, 1.82) is 0 Å². The molecule has 8 heteroatoms. The van der Waals surface area contributed by atoms with Gasteiger partial charge in [-0.15, -0.1) is 0 Å². The summed E-state index contributed by atoms with van der Waals surface area (Å²) in [6.07, 6.45) is 9.40. The summed E-state index contributed by atoms with van der Waals surface area (Å²) in [6.45, 7) is 2.17. The van der Waals surface area contributed by atoms with Gasteiger partial charge < -0.3 is 15.1 Å². The molecule has 1 aromatic carbocycles. The Bertz CT molecular complexity index is 774. The van der Waals surface area contributed by atoms with Crippen LogP contribution in [-0.4, -0.2) is 70.3 Å². The van der Waals surface area contributed by atoms with Crippen molar-refractivity contribution in [2.75, 3.05) is 26.2 Å². The normalized spacial score (nSPS) is 22.5. The zero-order chi connectivity index (χ0) is 23.8. The third kappa shape index (κ3) is 7.17. The van der Waals surface area contributed by atoms with E-state index in [0.717, 1.165) is 77.3 Å². The fourth-order valence-corrected chi connectivity index (χ4v) is 5.20. The highest BCUT2D eigenvalue weighted by atomic mass is 19.2. The second-order valence-corrected chi connectivity index (χ2v) is 9.50. The van der Waals surface area contributed by atoms with Crippen LogP contribution in [0.5, 0.6) is 0 Å². The van der Waals surface area contributed by atoms with E-state index < -0.39 is 28.9 Å². The molecule has 1 aromatic rings. The van der Waals surface area contributed by atoms with E-state index in [-0.39, 0.29) is 24.8 Å². The fraction of sp³-hybridized carbons (Fsp3) is 0.720. The third-order valence-corrected chi connectivity index (χ3v) is 7.13. The molecule has 1 amide bonds. The molecule has 1 saturated heterocycles. The summed E-state index contributed by atoms with van der Waals surface area (Å²) < 4.78 is 41.3. The van der Waals surface area contributed by atoms with E-state index in [1.165, 1.54) is 0 Å². The molecular formula is C25H37F3N2O3. The predicted octanol–water partition coefficient (Wildman–Crippen LogP) is 4.26. The van der Waals surface area contributed by atoms with Crippen LogP contribution in [0.2, 0.25) is 0 Å². The SMILES string of the molecule is O=C(c1cc(F)c(F)cc1F)N(CCCCCCN1CCC(O)CC1CO)C1CCCCC1. The summed E-state index contributed by atoms with van der Waals surface area (Å²) in [5.41, 5.74) is -0.401. The number of carbonyl (C=O) groups excluding carboxylic acids is 1. The van der Waals surface area contributed by atoms with E-state index in [1.807, 2.05) is 0 Å². The number of aliphatic hydroxyl groups is 2. The Morgan fingerprint density at radius 1 is 0.970 bits per heavy atom. The van der Waals surface area contributed by atoms with Crippen LogP contribution < -0.4 is 0 Å². The lowest BCUT2D eigenvalue weighted by molar-refractivity contribution is 0.0163. The maximum absolute atomic E-state index is 14.3. The minimum atomic E-state index is -1.29. The average molecular weight is 471 g/mol. The van der Waals surface area contributed by atoms with Gasteiger partial charge in [0.2, 0.25) is 0 Å². The van der Waals surface area contributed by atoms with Gasteiger partial charge in [0.05, 0.1) is 18.3 Å². The molecule has 186 valence electrons. The van der Waals surface area contributed by atoms with Crippen LogP contribution in [0.15, 0.2) is 12.1 Å². The molecule has 2 fully saturated rings. The van der Waals surface area contributed by atoms with E-state index >= 15 is 0 Å². The zero-order valence-corrected chi connectivity index (χ0v) is 19.3. The topological polar surface area (TPSA) is 64.0 Å². The number of hydrogen-bond acceptors (Lipinski definition) is 4. The Morgan fingerprint density at radius 2 is 1.67 bits per heavy atom. The Kier molecular flexibility index (Phi) is 10.0. The summed E-state index contributed by atoms with van der Waals surface area (Å²) in [6, 6.07) is 1.14. The van der Waals surface area contributed by atoms with E-state index in [1.54, 1.807) is 4.90 Å². The Hall–Kier alpha value is -1.64. The van der Waals surface area contributed by atoms with Gasteiger partial charge in [0.15, 0.2) is 11.6 Å². The molecule has 0 aromatic heterocycles. The highest BCUT2D eigenvalue weighted by Crippen LogP contribution is 2.26. The molecule has 2 aliphatic rings. The highest BCUT2D eigenvalue weighted by Gasteiger charge is 2.29. The molecule has 1 saturated carbocycles. The summed E-state index contributed by atoms with van der Waals surface area (Å²) in [4.78, 5) is 17.0. The van der Waals surface area contributed by atoms with Gasteiger partial charge in [-0.25, -0.2) is 13.2 Å². The first-order valence-electron chi connectivity index (χ1n) is 12.4. The maximum Gasteiger partial charge on any atom is 0.257 e. The Labute approximate surface area is 194 Å². The number of hydrogen-bond donors (Lipinski definition) is 2. The standard InChI is InChI=1S/C25H37F3N2O3/c26-22-16-24(28)23(27)15-21(22)25(33)30(18-8-4-3-5-9-18)12-7-2-1-6-11-29-13-10-20(32)14-19(29)17-31/h15-16,18-20,31-32H,1-14,17H2. The molecule has 0 radical (unpaired) electrons. The van der Waals surface area contributed by atoms with Crippen molar-refractivity contribution in [2.45, 2.75) is 88.8 Å². The molecule has 2 unspecified atom stereocenters. The smallest absolute Gasteiger partial charge is 0.257 e. The number of nitrogens with zero attached hydrogens (tertiary/aromatic N) is 2. The molecule has 0 spiro atoms. The number of rotatable bonds is 10. The number of benzene rings is 1. The average Bonchev–Trinajstić information content (AvgIpc) is 2.81. The predicted molar refractivity (Wildman–Crippen MR) is 120 cm³/mol. The largest absolute Gasteiger partial charge is 0.395 e. The minimum Gasteiger partial charge on any atom is -0.395 e. The fourth-order valence-electron chi connectivity index (χ4n) is 5.20. The second kappa shape index (κ2) is 12.7. The number of carbonyl (C=O) groups is 1. The molecule has 2 atom stereocenters. The Balaban J connectivity index is 1.51. The van der Waals surface area contributed by atoms with E-state index in [2.05, 4.69) is 4.90 Å². The number of halogens is 3. The lowest BCUT2D eigenvalue weighted by atomic mass is 9.93. The van der Waals surface area contributed by atoms with Gasteiger partial charge in [-0.05, 0) is 51.1 Å². The van der Waals surface area contributed by atoms with Crippen LogP contribution in [0.25, 0.3) is 0 Å². The van der Waals surface area contributed by atoms with Crippen molar-refractivity contribution in [2.24, 2.45) is 0 Å². The van der Waals surface area contributed by atoms with Crippen LogP contribution in [0.1, 0.15) is 81.0 Å². The van der Waals surface area contributed by atoms with Gasteiger partial charge in [-0.1, -0.05) is 32.1 Å². The van der Waals surface area contributed by atoms with Gasteiger partial charge in [-0.2, -0.15) is 0 Å². The third-order valence-electron chi connectivity index (χ3n) is 7.13. The van der Waals surface area contributed by atoms with Gasteiger partial charge in [0, 0.05) is 31.2 Å². The van der Waals surface area contributed by atoms with Crippen molar-refractivity contribution >= 4 is 5.91 Å². The summed E-state index contributed by atoms with van der Waals surface area (Å²) in [5.74, 6) is -4.09. The van der Waals surface area contributed by atoms with Crippen LogP contribution >= 0.6 is 0 Å². The minimum absolute atomic E-state index is 0.00357. The number of aliphatic hydroxyl groups excluding tert-OH is 2. The molecule has 1 aliphatic carbocycles. The summed E-state index contributed by atoms with van der Waals surface area (Å²) in [5, 5.41) is 19.3. The Morgan fingerprint density at radius 3 is 2.39 bits per heavy atom. The molecule has 2 N–H and O–H groups in total. The first-order valence-corrected chi connectivity index (χ1v) is 12.4. The summed E-state index contributed by atoms with van der Waals surface area (Å²) >= 11 is 0. The monoisotopic (exact) mass is 470 g/mol. The first-order chi connectivity index (χ1) is 15.9. The molecule has 1 heterocycles. The molecule has 33 heavy (non-hydrogen) atoms. The molecule has 5 nitrogen and oxygen atoms in total. The van der Waals surface area contributed by atoms with E-state index in [0.29, 0.717) is 25.1 Å². The molecular weight excluding hydrogens is 433 g/mol. The number of amides is 1. The van der Waals surface area contributed by atoms with Crippen molar-refractivity contribution < 1.29 is 28.2 Å². The number of unbranched alkanes of at least 4 members (excludes halogenated alkanes) is 3. The van der Waals surface area contributed by atoms with Gasteiger partial charge >= 0.3 is 0 Å². The van der Waals surface area contributed by atoms with Crippen LogP contribution in [0, 0.1) is 17.5 Å². The van der Waals surface area contributed by atoms with Gasteiger partial charge in [-0.3, -0.25) is 9.69 Å². The molecule has 1 aliphatic heterocycles. The van der Waals surface area contributed by atoms with E-state index in [4.69, 9.17) is 0 Å². The van der Waals surface area contributed by atoms with Crippen LogP contribution in [0.3, 0.4) is 0 Å². The number of likely N-dealkylation sites (tertiary alicyclic amines) is 1. The van der Waals surface area contributed by atoms with Crippen LogP contribution in [0.4, 0.5) is 13.2 Å². The lowest BCUT2D eigenvalue weighted by Crippen LogP contribution is -2.46. The maximum atomic E-state index is 14.3. The van der Waals surface area contributed by atoms with Crippen molar-refractivity contribution in [1.82, 2.24) is 9.80 Å². The summed E-state index contributed by atoms with van der Waals surface area (Å²) in [7, 11) is 0. The molecule has 0 bridgehead atoms. The van der Waals surface area contributed by atoms with Crippen LogP contribution in [-0.2, 0) is 0 Å². The first kappa shape index (κ1) is 26.0. The lowest BCUT2D eigenvalue weighted by Gasteiger charge is -2.37. The molecule has 3 rings (SSSR count). The number of piperidine rings is 1. The van der Waals surface area contributed by atoms with Crippen molar-refractivity contribution in [3.05, 3.63) is 35.1 Å².